The van der Waals surface area contributed by atoms with Gasteiger partial charge < -0.3 is 29.5 Å². The zero-order chi connectivity index (χ0) is 27.3. The Hall–Kier alpha value is -3.99. The van der Waals surface area contributed by atoms with E-state index in [2.05, 4.69) is 25.2 Å². The molecule has 0 atom stereocenters. The number of morpholine rings is 1. The number of nitrogens with one attached hydrogen (secondary N) is 1. The molecule has 11 nitrogen and oxygen atoms in total. The quantitative estimate of drug-likeness (QED) is 0.481. The molecule has 2 aromatic heterocycles. The molecule has 3 fully saturated rings. The van der Waals surface area contributed by atoms with E-state index < -0.39 is 0 Å². The zero-order valence-electron chi connectivity index (χ0n) is 22.6. The minimum absolute atomic E-state index is 0.107. The predicted molar refractivity (Wildman–Crippen MR) is 151 cm³/mol. The van der Waals surface area contributed by atoms with Crippen LogP contribution in [-0.4, -0.2) is 95.8 Å². The van der Waals surface area contributed by atoms with Gasteiger partial charge >= 0.3 is 6.03 Å². The van der Waals surface area contributed by atoms with E-state index in [-0.39, 0.29) is 17.9 Å². The molecule has 6 rings (SSSR count). The number of benzene rings is 1. The number of hydrogen-bond acceptors (Lipinski definition) is 8. The van der Waals surface area contributed by atoms with Crippen LogP contribution in [0.2, 0.25) is 0 Å². The smallest absolute Gasteiger partial charge is 0.321 e. The fourth-order valence-corrected chi connectivity index (χ4v) is 5.68. The van der Waals surface area contributed by atoms with Gasteiger partial charge in [0.2, 0.25) is 5.91 Å². The molecule has 40 heavy (non-hydrogen) atoms. The van der Waals surface area contributed by atoms with Crippen LogP contribution in [0, 0.1) is 0 Å². The lowest BCUT2D eigenvalue weighted by Gasteiger charge is -2.32. The molecule has 11 heteroatoms. The number of rotatable bonds is 7. The van der Waals surface area contributed by atoms with Gasteiger partial charge in [0.25, 0.3) is 0 Å². The van der Waals surface area contributed by atoms with Gasteiger partial charge in [0, 0.05) is 56.5 Å². The minimum atomic E-state index is -0.107. The number of amides is 3. The number of likely N-dealkylation sites (tertiary alicyclic amines) is 2. The number of pyridine rings is 1. The molecule has 3 aliphatic rings. The lowest BCUT2D eigenvalue weighted by molar-refractivity contribution is -0.128. The van der Waals surface area contributed by atoms with Crippen molar-refractivity contribution in [3.8, 4) is 5.75 Å². The van der Waals surface area contributed by atoms with Crippen LogP contribution in [0.15, 0.2) is 42.9 Å². The topological polar surface area (TPSA) is 113 Å². The SMILES string of the molecule is O=C1CCCN1CCOc1ccc2c(C3CCN(C(=O)Nc4ccc(N5CCOCC5)nc4)CC3)ncnc2c1. The minimum Gasteiger partial charge on any atom is -0.492 e. The molecule has 3 aromatic rings. The van der Waals surface area contributed by atoms with Crippen molar-refractivity contribution in [1.29, 1.82) is 0 Å². The molecule has 0 saturated carbocycles. The number of carbonyl (C=O) groups is 2. The van der Waals surface area contributed by atoms with Crippen molar-refractivity contribution < 1.29 is 19.1 Å². The summed E-state index contributed by atoms with van der Waals surface area (Å²) in [5.74, 6) is 2.09. The van der Waals surface area contributed by atoms with Gasteiger partial charge in [-0.2, -0.15) is 0 Å². The highest BCUT2D eigenvalue weighted by Gasteiger charge is 2.26. The summed E-state index contributed by atoms with van der Waals surface area (Å²) in [7, 11) is 0. The second-order valence-corrected chi connectivity index (χ2v) is 10.5. The van der Waals surface area contributed by atoms with Gasteiger partial charge in [0.1, 0.15) is 24.5 Å². The number of carbonyl (C=O) groups excluding carboxylic acids is 2. The van der Waals surface area contributed by atoms with E-state index >= 15 is 0 Å². The van der Waals surface area contributed by atoms with Crippen LogP contribution in [-0.2, 0) is 9.53 Å². The van der Waals surface area contributed by atoms with E-state index in [1.807, 2.05) is 40.1 Å². The number of ether oxygens (including phenoxy) is 2. The van der Waals surface area contributed by atoms with Gasteiger partial charge in [-0.25, -0.2) is 19.7 Å². The number of aromatic nitrogens is 3. The zero-order valence-corrected chi connectivity index (χ0v) is 22.6. The summed E-state index contributed by atoms with van der Waals surface area (Å²) in [6, 6.07) is 9.64. The first-order chi connectivity index (χ1) is 19.6. The van der Waals surface area contributed by atoms with Gasteiger partial charge in [0.15, 0.2) is 0 Å². The Morgan fingerprint density at radius 3 is 2.62 bits per heavy atom. The molecule has 0 aliphatic carbocycles. The van der Waals surface area contributed by atoms with Crippen molar-refractivity contribution in [3.63, 3.8) is 0 Å². The van der Waals surface area contributed by atoms with E-state index in [1.54, 1.807) is 12.5 Å². The Balaban J connectivity index is 1.02. The molecule has 0 spiro atoms. The molecule has 3 saturated heterocycles. The van der Waals surface area contributed by atoms with Crippen LogP contribution in [0.3, 0.4) is 0 Å². The van der Waals surface area contributed by atoms with Crippen LogP contribution in [0.25, 0.3) is 10.9 Å². The Kier molecular flexibility index (Phi) is 7.90. The normalized spacial score (nSPS) is 18.4. The van der Waals surface area contributed by atoms with Crippen molar-refractivity contribution in [2.24, 2.45) is 0 Å². The summed E-state index contributed by atoms with van der Waals surface area (Å²) in [5, 5.41) is 4.00. The molecule has 3 aliphatic heterocycles. The van der Waals surface area contributed by atoms with E-state index in [0.29, 0.717) is 51.6 Å². The van der Waals surface area contributed by atoms with Crippen molar-refractivity contribution in [2.45, 2.75) is 31.6 Å². The summed E-state index contributed by atoms with van der Waals surface area (Å²) >= 11 is 0. The average Bonchev–Trinajstić information content (AvgIpc) is 3.42. The van der Waals surface area contributed by atoms with Crippen molar-refractivity contribution in [3.05, 3.63) is 48.5 Å². The molecule has 1 N–H and O–H groups in total. The predicted octanol–water partition coefficient (Wildman–Crippen LogP) is 3.27. The molecule has 0 radical (unpaired) electrons. The van der Waals surface area contributed by atoms with Crippen molar-refractivity contribution in [1.82, 2.24) is 24.8 Å². The lowest BCUT2D eigenvalue weighted by atomic mass is 9.91. The van der Waals surface area contributed by atoms with Gasteiger partial charge in [-0.15, -0.1) is 0 Å². The third kappa shape index (κ3) is 5.94. The number of anilines is 2. The Morgan fingerprint density at radius 2 is 1.88 bits per heavy atom. The number of urea groups is 1. The van der Waals surface area contributed by atoms with Crippen LogP contribution in [0.1, 0.15) is 37.3 Å². The lowest BCUT2D eigenvalue weighted by Crippen LogP contribution is -2.40. The maximum absolute atomic E-state index is 12.9. The maximum atomic E-state index is 12.9. The highest BCUT2D eigenvalue weighted by Crippen LogP contribution is 2.32. The summed E-state index contributed by atoms with van der Waals surface area (Å²) in [4.78, 5) is 44.3. The third-order valence-electron chi connectivity index (χ3n) is 7.94. The summed E-state index contributed by atoms with van der Waals surface area (Å²) in [6.07, 6.45) is 6.55. The first kappa shape index (κ1) is 26.2. The summed E-state index contributed by atoms with van der Waals surface area (Å²) in [6.45, 7) is 6.25. The summed E-state index contributed by atoms with van der Waals surface area (Å²) in [5.41, 5.74) is 2.55. The monoisotopic (exact) mass is 545 g/mol. The number of nitrogens with zero attached hydrogens (tertiary/aromatic N) is 6. The standard InChI is InChI=1S/C29H35N7O4/c37-27-2-1-9-35(27)14-17-40-23-4-5-24-25(18-23)31-20-32-28(24)21-7-10-36(11-8-21)29(38)33-22-3-6-26(30-19-22)34-12-15-39-16-13-34/h3-6,18-21H,1-2,7-17H2,(H,33,38). The molecule has 5 heterocycles. The molecular weight excluding hydrogens is 510 g/mol. The van der Waals surface area contributed by atoms with E-state index in [9.17, 15) is 9.59 Å². The second kappa shape index (κ2) is 12.0. The Morgan fingerprint density at radius 1 is 1.02 bits per heavy atom. The maximum Gasteiger partial charge on any atom is 0.321 e. The first-order valence-corrected chi connectivity index (χ1v) is 14.1. The van der Waals surface area contributed by atoms with Gasteiger partial charge in [-0.3, -0.25) is 4.79 Å². The molecule has 0 unspecified atom stereocenters. The van der Waals surface area contributed by atoms with Crippen LogP contribution in [0.4, 0.5) is 16.3 Å². The molecule has 1 aromatic carbocycles. The van der Waals surface area contributed by atoms with Gasteiger partial charge in [-0.05, 0) is 43.5 Å². The average molecular weight is 546 g/mol. The molecule has 210 valence electrons. The highest BCUT2D eigenvalue weighted by atomic mass is 16.5. The van der Waals surface area contributed by atoms with Crippen LogP contribution in [0.5, 0.6) is 5.75 Å². The molecule has 3 amide bonds. The van der Waals surface area contributed by atoms with E-state index in [1.165, 1.54) is 0 Å². The fourth-order valence-electron chi connectivity index (χ4n) is 5.68. The third-order valence-corrected chi connectivity index (χ3v) is 7.94. The number of fused-ring (bicyclic) bond motifs is 1. The highest BCUT2D eigenvalue weighted by molar-refractivity contribution is 5.89. The number of piperidine rings is 1. The fraction of sp³-hybridized carbons (Fsp3) is 0.483. The van der Waals surface area contributed by atoms with Crippen LogP contribution < -0.4 is 15.0 Å². The second-order valence-electron chi connectivity index (χ2n) is 10.5. The van der Waals surface area contributed by atoms with E-state index in [0.717, 1.165) is 67.1 Å². The van der Waals surface area contributed by atoms with E-state index in [4.69, 9.17) is 9.47 Å². The Bertz CT molecular complexity index is 1340. The molecule has 0 bridgehead atoms. The largest absolute Gasteiger partial charge is 0.492 e. The van der Waals surface area contributed by atoms with Gasteiger partial charge in [-0.1, -0.05) is 0 Å². The molecular formula is C29H35N7O4. The number of hydrogen-bond donors (Lipinski definition) is 1. The van der Waals surface area contributed by atoms with Gasteiger partial charge in [0.05, 0.1) is 42.9 Å². The van der Waals surface area contributed by atoms with Crippen molar-refractivity contribution >= 4 is 34.3 Å². The summed E-state index contributed by atoms with van der Waals surface area (Å²) < 4.78 is 11.3. The van der Waals surface area contributed by atoms with Crippen molar-refractivity contribution in [2.75, 3.05) is 69.3 Å². The first-order valence-electron chi connectivity index (χ1n) is 14.1. The Labute approximate surface area is 233 Å². The van der Waals surface area contributed by atoms with Crippen LogP contribution >= 0.6 is 0 Å².